The van der Waals surface area contributed by atoms with Crippen LogP contribution < -0.4 is 14.8 Å². The lowest BCUT2D eigenvalue weighted by Gasteiger charge is -2.13. The molecule has 0 radical (unpaired) electrons. The van der Waals surface area contributed by atoms with Crippen molar-refractivity contribution >= 4 is 10.8 Å². The van der Waals surface area contributed by atoms with Gasteiger partial charge in [0.15, 0.2) is 11.5 Å². The van der Waals surface area contributed by atoms with Gasteiger partial charge in [-0.15, -0.1) is 0 Å². The van der Waals surface area contributed by atoms with Gasteiger partial charge in [-0.25, -0.2) is 0 Å². The zero-order valence-electron chi connectivity index (χ0n) is 11.8. The van der Waals surface area contributed by atoms with Crippen LogP contribution in [-0.2, 0) is 10.8 Å². The Bertz CT molecular complexity index is 398. The van der Waals surface area contributed by atoms with E-state index in [1.807, 2.05) is 38.1 Å². The molecule has 0 bridgehead atoms. The van der Waals surface area contributed by atoms with Crippen LogP contribution in [0, 0.1) is 0 Å². The fourth-order valence-corrected chi connectivity index (χ4v) is 1.85. The van der Waals surface area contributed by atoms with E-state index in [-0.39, 0.29) is 5.25 Å². The molecule has 1 aromatic rings. The van der Waals surface area contributed by atoms with Crippen molar-refractivity contribution < 1.29 is 13.7 Å². The highest BCUT2D eigenvalue weighted by molar-refractivity contribution is 7.84. The van der Waals surface area contributed by atoms with Gasteiger partial charge in [0, 0.05) is 35.4 Å². The predicted molar refractivity (Wildman–Crippen MR) is 79.5 cm³/mol. The molecule has 5 heteroatoms. The van der Waals surface area contributed by atoms with E-state index in [4.69, 9.17) is 9.47 Å². The minimum atomic E-state index is -0.781. The average molecular weight is 285 g/mol. The highest BCUT2D eigenvalue weighted by Gasteiger charge is 2.05. The van der Waals surface area contributed by atoms with Gasteiger partial charge in [-0.1, -0.05) is 12.1 Å². The van der Waals surface area contributed by atoms with Crippen molar-refractivity contribution in [2.45, 2.75) is 19.1 Å². The van der Waals surface area contributed by atoms with Crippen LogP contribution in [-0.4, -0.2) is 42.0 Å². The third-order valence-electron chi connectivity index (χ3n) is 2.68. The van der Waals surface area contributed by atoms with Gasteiger partial charge in [0.05, 0.1) is 6.61 Å². The lowest BCUT2D eigenvalue weighted by Crippen LogP contribution is -2.30. The minimum Gasteiger partial charge on any atom is -0.490 e. The molecular formula is C14H23NO3S. The van der Waals surface area contributed by atoms with Gasteiger partial charge < -0.3 is 14.8 Å². The Morgan fingerprint density at radius 1 is 1.26 bits per heavy atom. The Morgan fingerprint density at radius 3 is 2.47 bits per heavy atom. The molecule has 1 N–H and O–H groups in total. The van der Waals surface area contributed by atoms with E-state index in [0.717, 1.165) is 24.6 Å². The summed E-state index contributed by atoms with van der Waals surface area (Å²) in [4.78, 5) is 0. The monoisotopic (exact) mass is 285 g/mol. The molecule has 0 aliphatic carbocycles. The van der Waals surface area contributed by atoms with E-state index in [9.17, 15) is 4.21 Å². The quantitative estimate of drug-likeness (QED) is 0.703. The second-order valence-electron chi connectivity index (χ2n) is 4.24. The number of rotatable bonds is 9. The third-order valence-corrected chi connectivity index (χ3v) is 3.98. The van der Waals surface area contributed by atoms with Crippen molar-refractivity contribution in [3.63, 3.8) is 0 Å². The molecule has 4 nitrogen and oxygen atoms in total. The van der Waals surface area contributed by atoms with Crippen LogP contribution in [0.1, 0.15) is 13.8 Å². The van der Waals surface area contributed by atoms with Crippen molar-refractivity contribution in [3.05, 3.63) is 24.3 Å². The largest absolute Gasteiger partial charge is 0.490 e. The Morgan fingerprint density at radius 2 is 1.89 bits per heavy atom. The van der Waals surface area contributed by atoms with E-state index in [0.29, 0.717) is 13.2 Å². The third kappa shape index (κ3) is 6.07. The first-order valence-electron chi connectivity index (χ1n) is 6.52. The maximum absolute atomic E-state index is 11.2. The van der Waals surface area contributed by atoms with Crippen LogP contribution in [0.5, 0.6) is 11.5 Å². The zero-order valence-corrected chi connectivity index (χ0v) is 12.7. The highest BCUT2D eigenvalue weighted by atomic mass is 32.2. The SMILES string of the molecule is CCOc1ccccc1OCCNCC(C)S(C)=O. The smallest absolute Gasteiger partial charge is 0.161 e. The van der Waals surface area contributed by atoms with E-state index in [2.05, 4.69) is 5.32 Å². The second kappa shape index (κ2) is 8.93. The summed E-state index contributed by atoms with van der Waals surface area (Å²) < 4.78 is 22.3. The van der Waals surface area contributed by atoms with Crippen LogP contribution in [0.3, 0.4) is 0 Å². The van der Waals surface area contributed by atoms with Gasteiger partial charge in [0.1, 0.15) is 6.61 Å². The topological polar surface area (TPSA) is 47.6 Å². The molecular weight excluding hydrogens is 262 g/mol. The van der Waals surface area contributed by atoms with E-state index < -0.39 is 10.8 Å². The van der Waals surface area contributed by atoms with Crippen LogP contribution in [0.15, 0.2) is 24.3 Å². The first-order chi connectivity index (χ1) is 9.15. The number of hydrogen-bond donors (Lipinski definition) is 1. The molecule has 0 amide bonds. The summed E-state index contributed by atoms with van der Waals surface area (Å²) in [6.07, 6.45) is 1.72. The van der Waals surface area contributed by atoms with Crippen molar-refractivity contribution in [2.24, 2.45) is 0 Å². The summed E-state index contributed by atoms with van der Waals surface area (Å²) in [5.41, 5.74) is 0. The summed E-state index contributed by atoms with van der Waals surface area (Å²) >= 11 is 0. The normalized spacial score (nSPS) is 13.8. The summed E-state index contributed by atoms with van der Waals surface area (Å²) in [5.74, 6) is 1.53. The van der Waals surface area contributed by atoms with E-state index >= 15 is 0 Å². The molecule has 0 saturated carbocycles. The molecule has 0 heterocycles. The van der Waals surface area contributed by atoms with E-state index in [1.54, 1.807) is 6.26 Å². The van der Waals surface area contributed by atoms with Crippen LogP contribution in [0.4, 0.5) is 0 Å². The number of hydrogen-bond acceptors (Lipinski definition) is 4. The number of ether oxygens (including phenoxy) is 2. The van der Waals surface area contributed by atoms with Gasteiger partial charge in [0.2, 0.25) is 0 Å². The molecule has 2 atom stereocenters. The van der Waals surface area contributed by atoms with Gasteiger partial charge >= 0.3 is 0 Å². The van der Waals surface area contributed by atoms with Crippen molar-refractivity contribution in [1.82, 2.24) is 5.32 Å². The summed E-state index contributed by atoms with van der Waals surface area (Å²) in [5, 5.41) is 3.39. The van der Waals surface area contributed by atoms with Gasteiger partial charge in [-0.05, 0) is 26.0 Å². The Kier molecular flexibility index (Phi) is 7.52. The molecule has 0 saturated heterocycles. The standard InChI is InChI=1S/C14H23NO3S/c1-4-17-13-7-5-6-8-14(13)18-10-9-15-11-12(2)19(3)16/h5-8,12,15H,4,9-11H2,1-3H3. The fourth-order valence-electron chi connectivity index (χ4n) is 1.50. The van der Waals surface area contributed by atoms with Gasteiger partial charge in [0.25, 0.3) is 0 Å². The van der Waals surface area contributed by atoms with Crippen LogP contribution in [0.25, 0.3) is 0 Å². The minimum absolute atomic E-state index is 0.163. The van der Waals surface area contributed by atoms with Crippen molar-refractivity contribution in [3.8, 4) is 11.5 Å². The molecule has 0 fully saturated rings. The van der Waals surface area contributed by atoms with Crippen molar-refractivity contribution in [2.75, 3.05) is 32.6 Å². The lowest BCUT2D eigenvalue weighted by molar-refractivity contribution is 0.276. The lowest BCUT2D eigenvalue weighted by atomic mass is 10.3. The van der Waals surface area contributed by atoms with Crippen LogP contribution in [0.2, 0.25) is 0 Å². The average Bonchev–Trinajstić information content (AvgIpc) is 2.40. The Labute approximate surface area is 118 Å². The number of nitrogens with one attached hydrogen (secondary N) is 1. The van der Waals surface area contributed by atoms with Crippen molar-refractivity contribution in [1.29, 1.82) is 0 Å². The molecule has 1 aromatic carbocycles. The molecule has 0 spiro atoms. The maximum atomic E-state index is 11.2. The molecule has 1 rings (SSSR count). The second-order valence-corrected chi connectivity index (χ2v) is 6.04. The highest BCUT2D eigenvalue weighted by Crippen LogP contribution is 2.25. The van der Waals surface area contributed by atoms with Gasteiger partial charge in [-0.3, -0.25) is 4.21 Å². The Hall–Kier alpha value is -1.07. The Balaban J connectivity index is 2.27. The number of benzene rings is 1. The first kappa shape index (κ1) is 16.0. The predicted octanol–water partition coefficient (Wildman–Crippen LogP) is 1.82. The molecule has 108 valence electrons. The fraction of sp³-hybridized carbons (Fsp3) is 0.571. The zero-order chi connectivity index (χ0) is 14.1. The summed E-state index contributed by atoms with van der Waals surface area (Å²) in [6.45, 7) is 6.56. The first-order valence-corrected chi connectivity index (χ1v) is 8.14. The van der Waals surface area contributed by atoms with E-state index in [1.165, 1.54) is 0 Å². The van der Waals surface area contributed by atoms with Crippen LogP contribution >= 0.6 is 0 Å². The number of para-hydroxylation sites is 2. The maximum Gasteiger partial charge on any atom is 0.161 e. The molecule has 2 unspecified atom stereocenters. The molecule has 0 aliphatic heterocycles. The molecule has 19 heavy (non-hydrogen) atoms. The molecule has 0 aromatic heterocycles. The molecule has 0 aliphatic rings. The summed E-state index contributed by atoms with van der Waals surface area (Å²) in [6, 6.07) is 7.64. The van der Waals surface area contributed by atoms with Gasteiger partial charge in [-0.2, -0.15) is 0 Å². The summed E-state index contributed by atoms with van der Waals surface area (Å²) in [7, 11) is -0.781.